The van der Waals surface area contributed by atoms with Crippen molar-refractivity contribution < 1.29 is 19.1 Å². The summed E-state index contributed by atoms with van der Waals surface area (Å²) in [6.45, 7) is 0.0883. The number of amides is 2. The summed E-state index contributed by atoms with van der Waals surface area (Å²) in [5, 5.41) is 5.11. The van der Waals surface area contributed by atoms with Gasteiger partial charge in [0.25, 0.3) is 5.91 Å². The van der Waals surface area contributed by atoms with E-state index in [0.29, 0.717) is 17.0 Å². The molecule has 2 amide bonds. The van der Waals surface area contributed by atoms with Gasteiger partial charge in [0, 0.05) is 23.9 Å². The van der Waals surface area contributed by atoms with Crippen molar-refractivity contribution in [2.24, 2.45) is 0 Å². The van der Waals surface area contributed by atoms with Gasteiger partial charge < -0.3 is 14.8 Å². The van der Waals surface area contributed by atoms with Gasteiger partial charge >= 0.3 is 6.09 Å². The van der Waals surface area contributed by atoms with Gasteiger partial charge in [0.2, 0.25) is 0 Å². The average molecular weight is 314 g/mol. The molecule has 120 valence electrons. The molecule has 0 spiro atoms. The molecular weight excluding hydrogens is 296 g/mol. The highest BCUT2D eigenvalue weighted by Crippen LogP contribution is 2.18. The lowest BCUT2D eigenvalue weighted by Crippen LogP contribution is -2.18. The summed E-state index contributed by atoms with van der Waals surface area (Å²) in [5.41, 5.74) is 1.70. The molecule has 0 aliphatic carbocycles. The summed E-state index contributed by atoms with van der Waals surface area (Å²) in [4.78, 5) is 23.4. The van der Waals surface area contributed by atoms with E-state index >= 15 is 0 Å². The van der Waals surface area contributed by atoms with E-state index < -0.39 is 6.09 Å². The molecule has 0 saturated carbocycles. The van der Waals surface area contributed by atoms with E-state index in [9.17, 15) is 9.59 Å². The van der Waals surface area contributed by atoms with E-state index in [2.05, 4.69) is 10.6 Å². The average Bonchev–Trinajstić information content (AvgIpc) is 2.59. The summed E-state index contributed by atoms with van der Waals surface area (Å²) in [6, 6.07) is 13.9. The van der Waals surface area contributed by atoms with Crippen LogP contribution in [0, 0.1) is 0 Å². The normalized spacial score (nSPS) is 9.83. The number of hydrogen-bond acceptors (Lipinski definition) is 4. The molecule has 0 heterocycles. The van der Waals surface area contributed by atoms with Crippen LogP contribution in [-0.2, 0) is 11.3 Å². The van der Waals surface area contributed by atoms with Crippen molar-refractivity contribution >= 4 is 17.7 Å². The fraction of sp³-hybridized carbons (Fsp3) is 0.176. The van der Waals surface area contributed by atoms with Crippen LogP contribution in [0.2, 0.25) is 0 Å². The molecule has 0 fully saturated rings. The Morgan fingerprint density at radius 3 is 2.61 bits per heavy atom. The number of ether oxygens (including phenoxy) is 2. The summed E-state index contributed by atoms with van der Waals surface area (Å²) >= 11 is 0. The number of carbonyl (C=O) groups excluding carboxylic acids is 2. The van der Waals surface area contributed by atoms with Gasteiger partial charge in [-0.1, -0.05) is 24.3 Å². The van der Waals surface area contributed by atoms with Crippen molar-refractivity contribution in [1.82, 2.24) is 5.32 Å². The lowest BCUT2D eigenvalue weighted by molar-refractivity contribution is 0.0963. The smallest absolute Gasteiger partial charge is 0.411 e. The zero-order valence-electron chi connectivity index (χ0n) is 13.0. The molecule has 0 bridgehead atoms. The molecule has 2 N–H and O–H groups in total. The van der Waals surface area contributed by atoms with E-state index in [1.54, 1.807) is 44.5 Å². The lowest BCUT2D eigenvalue weighted by atomic mass is 10.2. The third-order valence-corrected chi connectivity index (χ3v) is 3.15. The van der Waals surface area contributed by atoms with Gasteiger partial charge in [-0.05, 0) is 24.3 Å². The molecule has 23 heavy (non-hydrogen) atoms. The molecule has 0 radical (unpaired) electrons. The maximum atomic E-state index is 11.9. The predicted octanol–water partition coefficient (Wildman–Crippen LogP) is 2.80. The summed E-state index contributed by atoms with van der Waals surface area (Å²) in [7, 11) is 3.10. The van der Waals surface area contributed by atoms with Gasteiger partial charge in [-0.2, -0.15) is 0 Å². The Bertz CT molecular complexity index is 700. The van der Waals surface area contributed by atoms with Gasteiger partial charge in [-0.15, -0.1) is 0 Å². The standard InChI is InChI=1S/C17H18N2O4/c1-18-16(20)12-7-5-8-14(10-12)19-17(21)23-11-13-6-3-4-9-15(13)22-2/h3-10H,11H2,1-2H3,(H,18,20)(H,19,21). The molecule has 0 unspecified atom stereocenters. The van der Waals surface area contributed by atoms with E-state index in [1.165, 1.54) is 0 Å². The Kier molecular flexibility index (Phi) is 5.57. The number of anilines is 1. The monoisotopic (exact) mass is 314 g/mol. The number of methoxy groups -OCH3 is 1. The van der Waals surface area contributed by atoms with Crippen molar-refractivity contribution in [3.05, 3.63) is 59.7 Å². The fourth-order valence-corrected chi connectivity index (χ4v) is 2.00. The molecule has 0 aliphatic rings. The molecular formula is C17H18N2O4. The van der Waals surface area contributed by atoms with E-state index in [-0.39, 0.29) is 12.5 Å². The highest BCUT2D eigenvalue weighted by molar-refractivity contribution is 5.96. The molecule has 2 aromatic rings. The van der Waals surface area contributed by atoms with Crippen molar-refractivity contribution in [3.63, 3.8) is 0 Å². The minimum Gasteiger partial charge on any atom is -0.496 e. The Labute approximate surface area is 134 Å². The second-order valence-electron chi connectivity index (χ2n) is 4.67. The van der Waals surface area contributed by atoms with Crippen LogP contribution in [-0.4, -0.2) is 26.2 Å². The first kappa shape index (κ1) is 16.4. The molecule has 2 rings (SSSR count). The van der Waals surface area contributed by atoms with Crippen molar-refractivity contribution in [2.75, 3.05) is 19.5 Å². The minimum atomic E-state index is -0.607. The Morgan fingerprint density at radius 1 is 1.09 bits per heavy atom. The van der Waals surface area contributed by atoms with E-state index in [4.69, 9.17) is 9.47 Å². The first-order valence-electron chi connectivity index (χ1n) is 7.02. The maximum Gasteiger partial charge on any atom is 0.411 e. The first-order valence-corrected chi connectivity index (χ1v) is 7.02. The lowest BCUT2D eigenvalue weighted by Gasteiger charge is -2.10. The van der Waals surface area contributed by atoms with Gasteiger partial charge in [-0.25, -0.2) is 4.79 Å². The Morgan fingerprint density at radius 2 is 1.87 bits per heavy atom. The highest BCUT2D eigenvalue weighted by Gasteiger charge is 2.09. The second-order valence-corrected chi connectivity index (χ2v) is 4.67. The molecule has 0 saturated heterocycles. The molecule has 0 atom stereocenters. The van der Waals surface area contributed by atoms with Crippen molar-refractivity contribution in [3.8, 4) is 5.75 Å². The molecule has 6 heteroatoms. The Hall–Kier alpha value is -3.02. The van der Waals surface area contributed by atoms with E-state index in [0.717, 1.165) is 5.56 Å². The third-order valence-electron chi connectivity index (χ3n) is 3.15. The zero-order valence-corrected chi connectivity index (χ0v) is 13.0. The zero-order chi connectivity index (χ0) is 16.7. The minimum absolute atomic E-state index is 0.0883. The number of hydrogen-bond donors (Lipinski definition) is 2. The maximum absolute atomic E-state index is 11.9. The van der Waals surface area contributed by atoms with Gasteiger partial charge in [0.15, 0.2) is 0 Å². The van der Waals surface area contributed by atoms with Crippen LogP contribution < -0.4 is 15.4 Å². The van der Waals surface area contributed by atoms with Crippen LogP contribution in [0.1, 0.15) is 15.9 Å². The van der Waals surface area contributed by atoms with Gasteiger partial charge in [0.1, 0.15) is 12.4 Å². The summed E-state index contributed by atoms with van der Waals surface area (Å²) in [5.74, 6) is 0.429. The molecule has 0 aliphatic heterocycles. The van der Waals surface area contributed by atoms with Crippen LogP contribution in [0.15, 0.2) is 48.5 Å². The SMILES string of the molecule is CNC(=O)c1cccc(NC(=O)OCc2ccccc2OC)c1. The molecule has 2 aromatic carbocycles. The topological polar surface area (TPSA) is 76.7 Å². The summed E-state index contributed by atoms with van der Waals surface area (Å²) in [6.07, 6.45) is -0.607. The largest absolute Gasteiger partial charge is 0.496 e. The molecule has 6 nitrogen and oxygen atoms in total. The molecule has 0 aromatic heterocycles. The third kappa shape index (κ3) is 4.47. The van der Waals surface area contributed by atoms with Gasteiger partial charge in [0.05, 0.1) is 7.11 Å². The van der Waals surface area contributed by atoms with Crippen LogP contribution >= 0.6 is 0 Å². The van der Waals surface area contributed by atoms with Gasteiger partial charge in [-0.3, -0.25) is 10.1 Å². The summed E-state index contributed by atoms with van der Waals surface area (Å²) < 4.78 is 10.4. The van der Waals surface area contributed by atoms with E-state index in [1.807, 2.05) is 18.2 Å². The predicted molar refractivity (Wildman–Crippen MR) is 86.6 cm³/mol. The first-order chi connectivity index (χ1) is 11.1. The fourth-order valence-electron chi connectivity index (χ4n) is 2.00. The number of para-hydroxylation sites is 1. The van der Waals surface area contributed by atoms with Crippen LogP contribution in [0.3, 0.4) is 0 Å². The van der Waals surface area contributed by atoms with Crippen molar-refractivity contribution in [1.29, 1.82) is 0 Å². The van der Waals surface area contributed by atoms with Crippen LogP contribution in [0.25, 0.3) is 0 Å². The number of rotatable bonds is 5. The Balaban J connectivity index is 1.96. The van der Waals surface area contributed by atoms with Crippen LogP contribution in [0.4, 0.5) is 10.5 Å². The highest BCUT2D eigenvalue weighted by atomic mass is 16.5. The number of benzene rings is 2. The number of carbonyl (C=O) groups is 2. The quantitative estimate of drug-likeness (QED) is 0.889. The van der Waals surface area contributed by atoms with Crippen LogP contribution in [0.5, 0.6) is 5.75 Å². The second kappa shape index (κ2) is 7.84. The number of nitrogens with one attached hydrogen (secondary N) is 2. The van der Waals surface area contributed by atoms with Crippen molar-refractivity contribution in [2.45, 2.75) is 6.61 Å².